The van der Waals surface area contributed by atoms with E-state index < -0.39 is 0 Å². The van der Waals surface area contributed by atoms with Gasteiger partial charge in [0.2, 0.25) is 0 Å². The van der Waals surface area contributed by atoms with Crippen molar-refractivity contribution in [1.82, 2.24) is 0 Å². The molecule has 2 aromatic carbocycles. The molecule has 0 spiro atoms. The van der Waals surface area contributed by atoms with Gasteiger partial charge in [0.1, 0.15) is 5.78 Å². The van der Waals surface area contributed by atoms with Crippen LogP contribution in [-0.2, 0) is 4.79 Å². The van der Waals surface area contributed by atoms with Crippen molar-refractivity contribution in [2.75, 3.05) is 11.9 Å². The van der Waals surface area contributed by atoms with E-state index in [0.717, 1.165) is 25.7 Å². The molecule has 2 nitrogen and oxygen atoms in total. The molecule has 0 aliphatic heterocycles. The summed E-state index contributed by atoms with van der Waals surface area (Å²) >= 11 is 0. The van der Waals surface area contributed by atoms with Gasteiger partial charge in [-0.15, -0.1) is 0 Å². The van der Waals surface area contributed by atoms with E-state index in [1.54, 1.807) is 0 Å². The van der Waals surface area contributed by atoms with E-state index in [1.165, 1.54) is 16.5 Å². The van der Waals surface area contributed by atoms with E-state index in [1.807, 2.05) is 0 Å². The summed E-state index contributed by atoms with van der Waals surface area (Å²) in [7, 11) is 2.14. The normalized spacial score (nSPS) is 16.8. The molecule has 0 atom stereocenters. The Morgan fingerprint density at radius 3 is 2.42 bits per heavy atom. The first-order chi connectivity index (χ1) is 9.24. The van der Waals surface area contributed by atoms with Crippen LogP contribution >= 0.6 is 0 Å². The molecule has 0 aromatic heterocycles. The Morgan fingerprint density at radius 2 is 1.68 bits per heavy atom. The second-order valence-electron chi connectivity index (χ2n) is 5.41. The minimum atomic E-state index is 0.420. The number of anilines is 1. The molecule has 0 saturated heterocycles. The number of rotatable bonds is 2. The second-order valence-corrected chi connectivity index (χ2v) is 5.41. The zero-order valence-electron chi connectivity index (χ0n) is 11.3. The Bertz CT molecular complexity index is 595. The first kappa shape index (κ1) is 12.2. The largest absolute Gasteiger partial charge is 0.372 e. The highest BCUT2D eigenvalue weighted by Gasteiger charge is 2.22. The van der Waals surface area contributed by atoms with Gasteiger partial charge in [0, 0.05) is 31.6 Å². The Kier molecular flexibility index (Phi) is 3.24. The van der Waals surface area contributed by atoms with Crippen LogP contribution < -0.4 is 4.90 Å². The van der Waals surface area contributed by atoms with Crippen LogP contribution in [0.4, 0.5) is 5.69 Å². The fraction of sp³-hybridized carbons (Fsp3) is 0.353. The molecule has 98 valence electrons. The lowest BCUT2D eigenvalue weighted by Gasteiger charge is -2.32. The van der Waals surface area contributed by atoms with Crippen LogP contribution in [0.15, 0.2) is 42.5 Å². The first-order valence-electron chi connectivity index (χ1n) is 6.97. The average Bonchev–Trinajstić information content (AvgIpc) is 2.47. The number of Topliss-reactive ketones (excluding diaryl/α,β-unsaturated/α-hetero) is 1. The van der Waals surface area contributed by atoms with Crippen LogP contribution in [0, 0.1) is 0 Å². The Balaban J connectivity index is 1.84. The quantitative estimate of drug-likeness (QED) is 0.811. The van der Waals surface area contributed by atoms with Gasteiger partial charge < -0.3 is 4.90 Å². The van der Waals surface area contributed by atoms with Crippen LogP contribution in [0.1, 0.15) is 25.7 Å². The molecule has 0 heterocycles. The smallest absolute Gasteiger partial charge is 0.133 e. The van der Waals surface area contributed by atoms with Gasteiger partial charge in [-0.1, -0.05) is 30.3 Å². The third-order valence-electron chi connectivity index (χ3n) is 4.20. The third kappa shape index (κ3) is 2.48. The molecule has 3 rings (SSSR count). The van der Waals surface area contributed by atoms with Gasteiger partial charge in [0.15, 0.2) is 0 Å². The van der Waals surface area contributed by atoms with Crippen LogP contribution in [0.3, 0.4) is 0 Å². The summed E-state index contributed by atoms with van der Waals surface area (Å²) in [6.07, 6.45) is 3.45. The number of fused-ring (bicyclic) bond motifs is 1. The zero-order valence-corrected chi connectivity index (χ0v) is 11.3. The fourth-order valence-electron chi connectivity index (χ4n) is 2.92. The minimum absolute atomic E-state index is 0.420. The zero-order chi connectivity index (χ0) is 13.2. The molecular formula is C17H19NO. The molecule has 1 aliphatic rings. The predicted octanol–water partition coefficient (Wildman–Crippen LogP) is 3.79. The van der Waals surface area contributed by atoms with Gasteiger partial charge in [-0.25, -0.2) is 0 Å². The summed E-state index contributed by atoms with van der Waals surface area (Å²) in [6.45, 7) is 0. The Morgan fingerprint density at radius 1 is 1.00 bits per heavy atom. The summed E-state index contributed by atoms with van der Waals surface area (Å²) in [5, 5.41) is 2.55. The molecule has 2 heteroatoms. The van der Waals surface area contributed by atoms with Crippen molar-refractivity contribution in [3.8, 4) is 0 Å². The minimum Gasteiger partial charge on any atom is -0.372 e. The Hall–Kier alpha value is -1.83. The summed E-state index contributed by atoms with van der Waals surface area (Å²) in [6, 6.07) is 15.5. The molecule has 0 radical (unpaired) electrons. The number of hydrogen-bond donors (Lipinski definition) is 0. The standard InChI is InChI=1S/C17H19NO/c1-18(15-8-10-17(19)11-9-15)16-7-6-13-4-2-3-5-14(13)12-16/h2-7,12,15H,8-11H2,1H3. The lowest BCUT2D eigenvalue weighted by Crippen LogP contribution is -2.35. The molecule has 0 amide bonds. The van der Waals surface area contributed by atoms with Crippen molar-refractivity contribution in [1.29, 1.82) is 0 Å². The van der Waals surface area contributed by atoms with Crippen molar-refractivity contribution < 1.29 is 4.79 Å². The molecular weight excluding hydrogens is 234 g/mol. The van der Waals surface area contributed by atoms with E-state index in [0.29, 0.717) is 11.8 Å². The summed E-state index contributed by atoms with van der Waals surface area (Å²) in [4.78, 5) is 13.7. The molecule has 1 aliphatic carbocycles. The predicted molar refractivity (Wildman–Crippen MR) is 79.6 cm³/mol. The van der Waals surface area contributed by atoms with E-state index >= 15 is 0 Å². The number of benzene rings is 2. The second kappa shape index (κ2) is 5.04. The molecule has 0 N–H and O–H groups in total. The SMILES string of the molecule is CN(c1ccc2ccccc2c1)C1CCC(=O)CC1. The van der Waals surface area contributed by atoms with E-state index in [2.05, 4.69) is 54.4 Å². The lowest BCUT2D eigenvalue weighted by atomic mass is 9.93. The molecule has 1 fully saturated rings. The van der Waals surface area contributed by atoms with E-state index in [4.69, 9.17) is 0 Å². The highest BCUT2D eigenvalue weighted by atomic mass is 16.1. The van der Waals surface area contributed by atoms with Crippen molar-refractivity contribution in [2.24, 2.45) is 0 Å². The lowest BCUT2D eigenvalue weighted by molar-refractivity contribution is -0.120. The first-order valence-corrected chi connectivity index (χ1v) is 6.97. The fourth-order valence-corrected chi connectivity index (χ4v) is 2.92. The summed E-state index contributed by atoms with van der Waals surface area (Å²) in [5.41, 5.74) is 1.25. The molecule has 2 aromatic rings. The number of ketones is 1. The maximum atomic E-state index is 11.3. The van der Waals surface area contributed by atoms with E-state index in [-0.39, 0.29) is 0 Å². The van der Waals surface area contributed by atoms with Crippen LogP contribution in [0.25, 0.3) is 10.8 Å². The highest BCUT2D eigenvalue weighted by molar-refractivity contribution is 5.86. The van der Waals surface area contributed by atoms with Crippen molar-refractivity contribution in [2.45, 2.75) is 31.7 Å². The third-order valence-corrected chi connectivity index (χ3v) is 4.20. The van der Waals surface area contributed by atoms with Gasteiger partial charge in [0.05, 0.1) is 0 Å². The molecule has 0 unspecified atom stereocenters. The maximum absolute atomic E-state index is 11.3. The van der Waals surface area contributed by atoms with Gasteiger partial charge in [-0.05, 0) is 35.7 Å². The molecule has 0 bridgehead atoms. The van der Waals surface area contributed by atoms with Crippen molar-refractivity contribution in [3.63, 3.8) is 0 Å². The van der Waals surface area contributed by atoms with Gasteiger partial charge >= 0.3 is 0 Å². The van der Waals surface area contributed by atoms with Crippen LogP contribution in [0.2, 0.25) is 0 Å². The van der Waals surface area contributed by atoms with Crippen LogP contribution in [0.5, 0.6) is 0 Å². The summed E-state index contributed by atoms with van der Waals surface area (Å²) in [5.74, 6) is 0.420. The number of hydrogen-bond acceptors (Lipinski definition) is 2. The van der Waals surface area contributed by atoms with Crippen molar-refractivity contribution >= 4 is 22.2 Å². The van der Waals surface area contributed by atoms with Crippen LogP contribution in [-0.4, -0.2) is 18.9 Å². The topological polar surface area (TPSA) is 20.3 Å². The van der Waals surface area contributed by atoms with Gasteiger partial charge in [-0.3, -0.25) is 4.79 Å². The molecule has 1 saturated carbocycles. The Labute approximate surface area is 114 Å². The van der Waals surface area contributed by atoms with E-state index in [9.17, 15) is 4.79 Å². The number of carbonyl (C=O) groups excluding carboxylic acids is 1. The van der Waals surface area contributed by atoms with Gasteiger partial charge in [-0.2, -0.15) is 0 Å². The highest BCUT2D eigenvalue weighted by Crippen LogP contribution is 2.27. The van der Waals surface area contributed by atoms with Gasteiger partial charge in [0.25, 0.3) is 0 Å². The summed E-state index contributed by atoms with van der Waals surface area (Å²) < 4.78 is 0. The number of carbonyl (C=O) groups is 1. The monoisotopic (exact) mass is 253 g/mol. The molecule has 19 heavy (non-hydrogen) atoms. The maximum Gasteiger partial charge on any atom is 0.133 e. The average molecular weight is 253 g/mol. The number of nitrogens with zero attached hydrogens (tertiary/aromatic N) is 1. The van der Waals surface area contributed by atoms with Crippen molar-refractivity contribution in [3.05, 3.63) is 42.5 Å².